The maximum absolute atomic E-state index is 12.9. The van der Waals surface area contributed by atoms with E-state index in [1.807, 2.05) is 123 Å². The molecule has 54 heavy (non-hydrogen) atoms. The molecule has 4 rings (SSSR count). The highest BCUT2D eigenvalue weighted by atomic mass is 16.2. The summed E-state index contributed by atoms with van der Waals surface area (Å²) in [5.41, 5.74) is 6.88. The average Bonchev–Trinajstić information content (AvgIpc) is 3.20. The van der Waals surface area contributed by atoms with E-state index >= 15 is 0 Å². The maximum atomic E-state index is 12.9. The Morgan fingerprint density at radius 1 is 0.463 bits per heavy atom. The molecule has 0 aliphatic carbocycles. The molecule has 9 nitrogen and oxygen atoms in total. The van der Waals surface area contributed by atoms with E-state index in [-0.39, 0.29) is 11.8 Å². The maximum Gasteiger partial charge on any atom is 0.323 e. The van der Waals surface area contributed by atoms with Gasteiger partial charge in [0.2, 0.25) is 5.91 Å². The van der Waals surface area contributed by atoms with Crippen LogP contribution in [0.4, 0.5) is 38.9 Å². The van der Waals surface area contributed by atoms with Gasteiger partial charge in [-0.25, -0.2) is 4.79 Å². The standard InChI is InChI=1S/C37H40N6O3.4C2H6/c1-5-9-25(3)38-29-15-21-32(22-16-29)41-36(45)28-12-8-14-34(24-28)43-37(46)42-33-13-7-11-27(23-33)26(4)39-30-17-19-31(20-18-30)40-35(44)10-6-2;4*1-2/h7-8,11-24,38-39H,3-6,9-10H2,1-2H3,(H,40,44)(H,41,45)(H2,42,43,46);4*1-2H3. The van der Waals surface area contributed by atoms with Crippen LogP contribution in [-0.4, -0.2) is 17.8 Å². The number of amides is 4. The van der Waals surface area contributed by atoms with Crippen molar-refractivity contribution in [3.63, 3.8) is 0 Å². The van der Waals surface area contributed by atoms with Gasteiger partial charge in [-0.3, -0.25) is 9.59 Å². The first-order chi connectivity index (χ1) is 26.2. The van der Waals surface area contributed by atoms with Crippen molar-refractivity contribution in [3.05, 3.63) is 127 Å². The van der Waals surface area contributed by atoms with E-state index in [1.54, 1.807) is 36.4 Å². The normalized spacial score (nSPS) is 9.22. The monoisotopic (exact) mass is 737 g/mol. The third-order valence-corrected chi connectivity index (χ3v) is 6.81. The number of carbonyl (C=O) groups is 3. The summed E-state index contributed by atoms with van der Waals surface area (Å²) in [6.07, 6.45) is 3.17. The second kappa shape index (κ2) is 28.7. The molecule has 0 saturated carbocycles. The Kier molecular flexibility index (Phi) is 25.6. The zero-order valence-electron chi connectivity index (χ0n) is 34.2. The van der Waals surface area contributed by atoms with Crippen LogP contribution in [0, 0.1) is 0 Å². The molecular weight excluding hydrogens is 673 g/mol. The number of carbonyl (C=O) groups excluding carboxylic acids is 3. The van der Waals surface area contributed by atoms with Gasteiger partial charge in [-0.15, -0.1) is 0 Å². The van der Waals surface area contributed by atoms with E-state index < -0.39 is 6.03 Å². The molecular formula is C45H64N6O3. The highest BCUT2D eigenvalue weighted by Gasteiger charge is 2.10. The van der Waals surface area contributed by atoms with Crippen molar-refractivity contribution >= 4 is 57.7 Å². The Hall–Kier alpha value is -5.83. The summed E-state index contributed by atoms with van der Waals surface area (Å²) in [6.45, 7) is 28.2. The Balaban J connectivity index is 0.00000329. The lowest BCUT2D eigenvalue weighted by Gasteiger charge is -2.13. The molecule has 0 radical (unpaired) electrons. The van der Waals surface area contributed by atoms with Gasteiger partial charge in [-0.05, 0) is 97.3 Å². The number of allylic oxidation sites excluding steroid dienone is 1. The Morgan fingerprint density at radius 2 is 0.870 bits per heavy atom. The van der Waals surface area contributed by atoms with Crippen LogP contribution in [0.5, 0.6) is 0 Å². The molecule has 0 heterocycles. The number of hydrogen-bond acceptors (Lipinski definition) is 5. The third kappa shape index (κ3) is 18.1. The van der Waals surface area contributed by atoms with E-state index in [0.29, 0.717) is 34.7 Å². The second-order valence-corrected chi connectivity index (χ2v) is 10.7. The van der Waals surface area contributed by atoms with E-state index in [9.17, 15) is 14.4 Å². The summed E-state index contributed by atoms with van der Waals surface area (Å²) in [7, 11) is 0. The molecule has 0 fully saturated rings. The molecule has 292 valence electrons. The van der Waals surface area contributed by atoms with Crippen LogP contribution in [0.3, 0.4) is 0 Å². The minimum atomic E-state index is -0.457. The summed E-state index contributed by atoms with van der Waals surface area (Å²) >= 11 is 0. The molecule has 0 saturated heterocycles. The molecule has 0 unspecified atom stereocenters. The van der Waals surface area contributed by atoms with Crippen LogP contribution < -0.4 is 31.9 Å². The van der Waals surface area contributed by atoms with Crippen molar-refractivity contribution in [2.75, 3.05) is 31.9 Å². The van der Waals surface area contributed by atoms with Gasteiger partial charge in [-0.2, -0.15) is 0 Å². The summed E-state index contributed by atoms with van der Waals surface area (Å²) < 4.78 is 0. The van der Waals surface area contributed by atoms with Crippen LogP contribution in [0.25, 0.3) is 5.70 Å². The second-order valence-electron chi connectivity index (χ2n) is 10.7. The summed E-state index contributed by atoms with van der Waals surface area (Å²) in [6, 6.07) is 28.3. The van der Waals surface area contributed by atoms with Crippen LogP contribution >= 0.6 is 0 Å². The predicted octanol–water partition coefficient (Wildman–Crippen LogP) is 13.2. The minimum Gasteiger partial charge on any atom is -0.359 e. The van der Waals surface area contributed by atoms with Gasteiger partial charge in [0, 0.05) is 57.5 Å². The van der Waals surface area contributed by atoms with E-state index in [1.165, 1.54) is 0 Å². The molecule has 4 aromatic rings. The third-order valence-electron chi connectivity index (χ3n) is 6.81. The zero-order valence-corrected chi connectivity index (χ0v) is 34.2. The van der Waals surface area contributed by atoms with E-state index in [4.69, 9.17) is 0 Å². The first-order valence-corrected chi connectivity index (χ1v) is 19.2. The van der Waals surface area contributed by atoms with Gasteiger partial charge in [0.1, 0.15) is 0 Å². The van der Waals surface area contributed by atoms with Crippen molar-refractivity contribution in [2.45, 2.75) is 94.9 Å². The Morgan fingerprint density at radius 3 is 1.35 bits per heavy atom. The molecule has 4 amide bonds. The van der Waals surface area contributed by atoms with Gasteiger partial charge < -0.3 is 31.9 Å². The Labute approximate surface area is 325 Å². The predicted molar refractivity (Wildman–Crippen MR) is 236 cm³/mol. The van der Waals surface area contributed by atoms with Crippen molar-refractivity contribution in [1.82, 2.24) is 0 Å². The fourth-order valence-electron chi connectivity index (χ4n) is 4.56. The van der Waals surface area contributed by atoms with Gasteiger partial charge in [0.25, 0.3) is 5.91 Å². The van der Waals surface area contributed by atoms with Gasteiger partial charge in [0.15, 0.2) is 0 Å². The highest BCUT2D eigenvalue weighted by Crippen LogP contribution is 2.23. The number of nitrogens with one attached hydrogen (secondary N) is 6. The van der Waals surface area contributed by atoms with Crippen molar-refractivity contribution in [3.8, 4) is 0 Å². The molecule has 0 bridgehead atoms. The van der Waals surface area contributed by atoms with Crippen LogP contribution in [0.1, 0.15) is 111 Å². The molecule has 0 atom stereocenters. The molecule has 9 heteroatoms. The molecule has 0 aromatic heterocycles. The fourth-order valence-corrected chi connectivity index (χ4v) is 4.56. The summed E-state index contributed by atoms with van der Waals surface area (Å²) in [5, 5.41) is 17.9. The molecule has 0 aliphatic heterocycles. The zero-order chi connectivity index (χ0) is 40.9. The number of anilines is 6. The lowest BCUT2D eigenvalue weighted by atomic mass is 10.1. The SMILES string of the molecule is C=C(CCC)Nc1ccc(NC(=O)c2cccc(NC(=O)Nc3cccc(C(=C)Nc4ccc(NC(=O)CCC)cc4)c3)c2)cc1.CC.CC.CC.CC. The summed E-state index contributed by atoms with van der Waals surface area (Å²) in [5.74, 6) is -0.311. The lowest BCUT2D eigenvalue weighted by Crippen LogP contribution is -2.20. The van der Waals surface area contributed by atoms with E-state index in [2.05, 4.69) is 52.0 Å². The summed E-state index contributed by atoms with van der Waals surface area (Å²) in [4.78, 5) is 37.6. The quantitative estimate of drug-likeness (QED) is 0.0769. The number of urea groups is 1. The fraction of sp³-hybridized carbons (Fsp3) is 0.311. The van der Waals surface area contributed by atoms with Crippen LogP contribution in [0.15, 0.2) is 116 Å². The molecule has 6 N–H and O–H groups in total. The van der Waals surface area contributed by atoms with E-state index in [0.717, 1.165) is 47.6 Å². The number of hydrogen-bond donors (Lipinski definition) is 6. The van der Waals surface area contributed by atoms with Gasteiger partial charge in [0.05, 0.1) is 0 Å². The number of benzene rings is 4. The largest absolute Gasteiger partial charge is 0.359 e. The van der Waals surface area contributed by atoms with Crippen molar-refractivity contribution < 1.29 is 14.4 Å². The molecule has 4 aromatic carbocycles. The van der Waals surface area contributed by atoms with Crippen LogP contribution in [-0.2, 0) is 4.79 Å². The first-order valence-electron chi connectivity index (χ1n) is 19.2. The minimum absolute atomic E-state index is 0.0146. The first kappa shape index (κ1) is 48.2. The topological polar surface area (TPSA) is 123 Å². The van der Waals surface area contributed by atoms with Crippen molar-refractivity contribution in [1.29, 1.82) is 0 Å². The van der Waals surface area contributed by atoms with Gasteiger partial charge >= 0.3 is 6.03 Å². The average molecular weight is 737 g/mol. The lowest BCUT2D eigenvalue weighted by molar-refractivity contribution is -0.116. The highest BCUT2D eigenvalue weighted by molar-refractivity contribution is 6.06. The molecule has 0 aliphatic rings. The van der Waals surface area contributed by atoms with Gasteiger partial charge in [-0.1, -0.05) is 107 Å². The van der Waals surface area contributed by atoms with Crippen LogP contribution in [0.2, 0.25) is 0 Å². The van der Waals surface area contributed by atoms with Crippen molar-refractivity contribution in [2.24, 2.45) is 0 Å². The molecule has 0 spiro atoms. The Bertz CT molecular complexity index is 1570. The smallest absolute Gasteiger partial charge is 0.323 e. The number of rotatable bonds is 14.